The predicted octanol–water partition coefficient (Wildman–Crippen LogP) is 6.94. The standard InChI is InChI=1S/C31H36N2O/c1-8-31(6)24-14-12-13-15-26(24)32(7)29(31)17-11-9-10-16-28-30(4,5)25-20-22(2)18-19-27(25)33(28)21-23(3)34/h9-20H,7-8,21H2,1-6H3. The van der Waals surface area contributed by atoms with Crippen LogP contribution in [0.2, 0.25) is 0 Å². The summed E-state index contributed by atoms with van der Waals surface area (Å²) in [5, 5.41) is 0. The highest BCUT2D eigenvalue weighted by Gasteiger charge is 2.44. The number of Topliss-reactive ketones (excluding diaryl/α,β-unsaturated/α-hetero) is 1. The van der Waals surface area contributed by atoms with Crippen molar-refractivity contribution in [1.82, 2.24) is 0 Å². The normalized spacial score (nSPS) is 22.3. The van der Waals surface area contributed by atoms with Gasteiger partial charge in [-0.15, -0.1) is 12.2 Å². The Morgan fingerprint density at radius 3 is 2.53 bits per heavy atom. The van der Waals surface area contributed by atoms with Gasteiger partial charge in [0.1, 0.15) is 17.5 Å². The molecule has 2 aliphatic heterocycles. The number of para-hydroxylation sites is 1. The minimum Gasteiger partial charge on any atom is -0.337 e. The molecule has 2 aromatic carbocycles. The number of ketones is 1. The molecule has 0 N–H and O–H groups in total. The van der Waals surface area contributed by atoms with Crippen LogP contribution in [-0.4, -0.2) is 23.6 Å². The van der Waals surface area contributed by atoms with Crippen LogP contribution < -0.4 is 4.90 Å². The van der Waals surface area contributed by atoms with Gasteiger partial charge in [-0.05, 0) is 49.6 Å². The number of hydrogen-bond acceptors (Lipinski definition) is 2. The maximum atomic E-state index is 12.1. The zero-order chi connectivity index (χ0) is 24.7. The molecule has 1 unspecified atom stereocenters. The molecule has 3 heteroatoms. The van der Waals surface area contributed by atoms with Crippen molar-refractivity contribution in [2.75, 3.05) is 11.4 Å². The molecule has 0 amide bonds. The van der Waals surface area contributed by atoms with E-state index in [1.165, 1.54) is 28.4 Å². The topological polar surface area (TPSA) is 23.3 Å². The first-order valence-electron chi connectivity index (χ1n) is 12.1. The average Bonchev–Trinajstić information content (AvgIpc) is 3.14. The molecule has 0 spiro atoms. The minimum absolute atomic E-state index is 0.0492. The summed E-state index contributed by atoms with van der Waals surface area (Å²) in [6.45, 7) is 17.5. The predicted molar refractivity (Wildman–Crippen MR) is 143 cm³/mol. The largest absolute Gasteiger partial charge is 0.337 e. The van der Waals surface area contributed by atoms with Gasteiger partial charge in [-0.3, -0.25) is 9.37 Å². The summed E-state index contributed by atoms with van der Waals surface area (Å²) >= 11 is 0. The highest BCUT2D eigenvalue weighted by molar-refractivity contribution is 5.85. The van der Waals surface area contributed by atoms with Crippen LogP contribution in [0.15, 0.2) is 78.5 Å². The van der Waals surface area contributed by atoms with Crippen molar-refractivity contribution in [2.45, 2.75) is 58.8 Å². The smallest absolute Gasteiger partial charge is 0.149 e. The Morgan fingerprint density at radius 2 is 1.82 bits per heavy atom. The Balaban J connectivity index is 1.61. The van der Waals surface area contributed by atoms with E-state index >= 15 is 0 Å². The average molecular weight is 453 g/mol. The van der Waals surface area contributed by atoms with Crippen LogP contribution in [0.25, 0.3) is 0 Å². The van der Waals surface area contributed by atoms with E-state index in [-0.39, 0.29) is 16.6 Å². The lowest BCUT2D eigenvalue weighted by Gasteiger charge is -2.27. The third-order valence-electron chi connectivity index (χ3n) is 7.51. The second kappa shape index (κ2) is 8.79. The molecule has 0 aliphatic carbocycles. The Bertz CT molecular complexity index is 1230. The summed E-state index contributed by atoms with van der Waals surface area (Å²) in [6.07, 6.45) is 11.6. The maximum absolute atomic E-state index is 12.1. The number of anilines is 1. The Kier molecular flexibility index (Phi) is 6.16. The van der Waals surface area contributed by atoms with Gasteiger partial charge in [0, 0.05) is 22.2 Å². The molecule has 4 rings (SSSR count). The minimum atomic E-state index is -0.169. The number of rotatable bonds is 6. The molecule has 0 fully saturated rings. The molecule has 2 aromatic rings. The highest BCUT2D eigenvalue weighted by Crippen LogP contribution is 2.50. The molecule has 0 saturated carbocycles. The molecular weight excluding hydrogens is 416 g/mol. The van der Waals surface area contributed by atoms with E-state index in [1.54, 1.807) is 6.92 Å². The molecule has 2 aliphatic rings. The Morgan fingerprint density at radius 1 is 1.09 bits per heavy atom. The van der Waals surface area contributed by atoms with Crippen LogP contribution in [0, 0.1) is 13.0 Å². The summed E-state index contributed by atoms with van der Waals surface area (Å²) in [6, 6.07) is 16.2. The molecule has 3 nitrogen and oxygen atoms in total. The Labute approximate surface area is 204 Å². The zero-order valence-electron chi connectivity index (χ0n) is 21.4. The van der Waals surface area contributed by atoms with Gasteiger partial charge in [0.2, 0.25) is 0 Å². The SMILES string of the molecule is C=[N+]1c2ccccc2C(C)(CC)[C-]1C=CC=CC=C1N(CC(C)=O)c2ccc(C)cc2C1(C)C. The number of benzene rings is 2. The van der Waals surface area contributed by atoms with E-state index in [9.17, 15) is 4.79 Å². The van der Waals surface area contributed by atoms with E-state index in [2.05, 4.69) is 124 Å². The molecule has 176 valence electrons. The van der Waals surface area contributed by atoms with Crippen LogP contribution >= 0.6 is 0 Å². The second-order valence-corrected chi connectivity index (χ2v) is 10.2. The van der Waals surface area contributed by atoms with Gasteiger partial charge < -0.3 is 4.90 Å². The van der Waals surface area contributed by atoms with Crippen LogP contribution in [0.3, 0.4) is 0 Å². The molecule has 0 bridgehead atoms. The van der Waals surface area contributed by atoms with Gasteiger partial charge in [0.25, 0.3) is 0 Å². The second-order valence-electron chi connectivity index (χ2n) is 10.2. The molecule has 0 radical (unpaired) electrons. The Hall–Kier alpha value is -3.33. The number of hydrogen-bond donors (Lipinski definition) is 0. The lowest BCUT2D eigenvalue weighted by molar-refractivity contribution is -0.405. The summed E-state index contributed by atoms with van der Waals surface area (Å²) in [7, 11) is 0. The van der Waals surface area contributed by atoms with Gasteiger partial charge in [-0.1, -0.05) is 75.7 Å². The van der Waals surface area contributed by atoms with Crippen molar-refractivity contribution in [3.63, 3.8) is 0 Å². The zero-order valence-corrected chi connectivity index (χ0v) is 21.4. The summed E-state index contributed by atoms with van der Waals surface area (Å²) < 4.78 is 2.06. The first kappa shape index (κ1) is 23.8. The van der Waals surface area contributed by atoms with Crippen molar-refractivity contribution in [3.05, 3.63) is 101 Å². The fraction of sp³-hybridized carbons (Fsp3) is 0.323. The highest BCUT2D eigenvalue weighted by atomic mass is 16.1. The van der Waals surface area contributed by atoms with Crippen molar-refractivity contribution in [3.8, 4) is 0 Å². The molecule has 34 heavy (non-hydrogen) atoms. The first-order valence-corrected chi connectivity index (χ1v) is 12.1. The van der Waals surface area contributed by atoms with Crippen LogP contribution in [0.4, 0.5) is 11.4 Å². The van der Waals surface area contributed by atoms with Crippen molar-refractivity contribution in [2.24, 2.45) is 0 Å². The third-order valence-corrected chi connectivity index (χ3v) is 7.51. The molecular formula is C31H36N2O. The van der Waals surface area contributed by atoms with Crippen molar-refractivity contribution >= 4 is 23.9 Å². The number of fused-ring (bicyclic) bond motifs is 2. The van der Waals surface area contributed by atoms with Gasteiger partial charge in [0.05, 0.1) is 13.3 Å². The van der Waals surface area contributed by atoms with E-state index in [0.29, 0.717) is 6.54 Å². The number of aryl methyl sites for hydroxylation is 1. The lowest BCUT2D eigenvalue weighted by atomic mass is 9.76. The van der Waals surface area contributed by atoms with Gasteiger partial charge in [-0.25, -0.2) is 0 Å². The molecule has 0 aromatic heterocycles. The number of carbonyl (C=O) groups is 1. The molecule has 2 heterocycles. The fourth-order valence-corrected chi connectivity index (χ4v) is 5.43. The first-order chi connectivity index (χ1) is 16.1. The summed E-state index contributed by atoms with van der Waals surface area (Å²) in [4.78, 5) is 14.2. The number of nitrogens with zero attached hydrogens (tertiary/aromatic N) is 2. The summed E-state index contributed by atoms with van der Waals surface area (Å²) in [5.41, 5.74) is 7.08. The molecule has 1 atom stereocenters. The molecule has 0 saturated heterocycles. The van der Waals surface area contributed by atoms with Gasteiger partial charge >= 0.3 is 0 Å². The van der Waals surface area contributed by atoms with Crippen molar-refractivity contribution in [1.29, 1.82) is 0 Å². The van der Waals surface area contributed by atoms with Crippen molar-refractivity contribution < 1.29 is 9.37 Å². The number of carbonyl (C=O) groups excluding carboxylic acids is 1. The summed E-state index contributed by atoms with van der Waals surface area (Å²) in [5.74, 6) is 0.158. The van der Waals surface area contributed by atoms with Crippen LogP contribution in [0.5, 0.6) is 0 Å². The monoisotopic (exact) mass is 452 g/mol. The van der Waals surface area contributed by atoms with E-state index < -0.39 is 0 Å². The van der Waals surface area contributed by atoms with E-state index in [0.717, 1.165) is 17.8 Å². The maximum Gasteiger partial charge on any atom is 0.149 e. The van der Waals surface area contributed by atoms with Gasteiger partial charge in [0.15, 0.2) is 0 Å². The third kappa shape index (κ3) is 3.83. The van der Waals surface area contributed by atoms with Crippen LogP contribution in [0.1, 0.15) is 57.7 Å². The van der Waals surface area contributed by atoms with E-state index in [4.69, 9.17) is 0 Å². The van der Waals surface area contributed by atoms with Crippen LogP contribution in [-0.2, 0) is 15.6 Å². The lowest BCUT2D eigenvalue weighted by Crippen LogP contribution is -2.29. The van der Waals surface area contributed by atoms with Gasteiger partial charge in [-0.2, -0.15) is 0 Å². The quantitative estimate of drug-likeness (QED) is 0.269. The van der Waals surface area contributed by atoms with E-state index in [1.807, 2.05) is 0 Å². The fourth-order valence-electron chi connectivity index (χ4n) is 5.43. The number of allylic oxidation sites excluding steroid dienone is 5.